The van der Waals surface area contributed by atoms with Gasteiger partial charge in [-0.3, -0.25) is 15.0 Å². The Balaban J connectivity index is 1.96. The number of nitro benzene ring substituents is 1. The van der Waals surface area contributed by atoms with E-state index >= 15 is 0 Å². The Morgan fingerprint density at radius 2 is 1.85 bits per heavy atom. The number of β-amino-alcohol motifs (C(OH)–C–C–N with tert-alkyl or cyclic N) is 1. The van der Waals surface area contributed by atoms with Crippen molar-refractivity contribution in [3.63, 3.8) is 0 Å². The van der Waals surface area contributed by atoms with Gasteiger partial charge >= 0.3 is 0 Å². The normalized spacial score (nSPS) is 12.8. The number of aliphatic hydroxyl groups is 1. The molecule has 2 aromatic rings. The molecule has 6 nitrogen and oxygen atoms in total. The van der Waals surface area contributed by atoms with E-state index in [9.17, 15) is 15.2 Å². The molecule has 0 heterocycles. The predicted molar refractivity (Wildman–Crippen MR) is 106 cm³/mol. The van der Waals surface area contributed by atoms with E-state index in [4.69, 9.17) is 4.74 Å². The van der Waals surface area contributed by atoms with Gasteiger partial charge in [0.2, 0.25) is 0 Å². The fourth-order valence-corrected chi connectivity index (χ4v) is 2.80. The van der Waals surface area contributed by atoms with Crippen LogP contribution in [0.15, 0.2) is 48.5 Å². The molecule has 0 fully saturated rings. The number of benzene rings is 2. The minimum absolute atomic E-state index is 0.0599. The molecule has 27 heavy (non-hydrogen) atoms. The van der Waals surface area contributed by atoms with Gasteiger partial charge in [-0.15, -0.1) is 0 Å². The van der Waals surface area contributed by atoms with Gasteiger partial charge in [-0.05, 0) is 45.4 Å². The van der Waals surface area contributed by atoms with Crippen molar-refractivity contribution in [1.29, 1.82) is 0 Å². The number of aryl methyl sites for hydroxylation is 1. The molecule has 0 spiro atoms. The Labute approximate surface area is 160 Å². The first kappa shape index (κ1) is 20.9. The second-order valence-electron chi connectivity index (χ2n) is 7.71. The van der Waals surface area contributed by atoms with E-state index in [1.165, 1.54) is 11.6 Å². The fraction of sp³-hybridized carbons (Fsp3) is 0.429. The van der Waals surface area contributed by atoms with Crippen LogP contribution < -0.4 is 4.74 Å². The zero-order valence-electron chi connectivity index (χ0n) is 16.4. The first-order valence-electron chi connectivity index (χ1n) is 9.01. The second kappa shape index (κ2) is 8.97. The zero-order chi connectivity index (χ0) is 20.0. The van der Waals surface area contributed by atoms with Crippen LogP contribution in [-0.4, -0.2) is 39.7 Å². The average molecular weight is 372 g/mol. The Morgan fingerprint density at radius 3 is 2.41 bits per heavy atom. The van der Waals surface area contributed by atoms with Crippen LogP contribution in [0.25, 0.3) is 0 Å². The summed E-state index contributed by atoms with van der Waals surface area (Å²) in [7, 11) is 0. The predicted octanol–water partition coefficient (Wildman–Crippen LogP) is 3.94. The van der Waals surface area contributed by atoms with Gasteiger partial charge in [-0.1, -0.05) is 30.3 Å². The molecule has 0 saturated heterocycles. The summed E-state index contributed by atoms with van der Waals surface area (Å²) in [6, 6.07) is 14.7. The molecular formula is C21H28N2O4. The Bertz CT molecular complexity index is 757. The zero-order valence-corrected chi connectivity index (χ0v) is 16.4. The van der Waals surface area contributed by atoms with Crippen LogP contribution >= 0.6 is 0 Å². The molecule has 0 aromatic heterocycles. The van der Waals surface area contributed by atoms with E-state index in [0.29, 0.717) is 17.9 Å². The van der Waals surface area contributed by atoms with Crippen LogP contribution in [0.5, 0.6) is 5.75 Å². The minimum atomic E-state index is -0.677. The first-order chi connectivity index (χ1) is 12.7. The third-order valence-corrected chi connectivity index (χ3v) is 4.40. The second-order valence-corrected chi connectivity index (χ2v) is 7.71. The van der Waals surface area contributed by atoms with Gasteiger partial charge in [0, 0.05) is 30.3 Å². The van der Waals surface area contributed by atoms with E-state index in [0.717, 1.165) is 6.54 Å². The summed E-state index contributed by atoms with van der Waals surface area (Å²) < 4.78 is 5.65. The van der Waals surface area contributed by atoms with Crippen molar-refractivity contribution in [2.75, 3.05) is 13.2 Å². The quantitative estimate of drug-likeness (QED) is 0.561. The molecule has 0 saturated carbocycles. The van der Waals surface area contributed by atoms with Crippen LogP contribution in [-0.2, 0) is 6.54 Å². The van der Waals surface area contributed by atoms with Crippen molar-refractivity contribution in [3.05, 3.63) is 69.8 Å². The molecule has 0 radical (unpaired) electrons. The third kappa shape index (κ3) is 6.34. The van der Waals surface area contributed by atoms with Gasteiger partial charge in [-0.25, -0.2) is 0 Å². The molecule has 146 valence electrons. The molecule has 0 bridgehead atoms. The molecule has 0 unspecified atom stereocenters. The lowest BCUT2D eigenvalue weighted by molar-refractivity contribution is -0.385. The lowest BCUT2D eigenvalue weighted by Crippen LogP contribution is -2.46. The number of ether oxygens (including phenoxy) is 1. The Hall–Kier alpha value is -2.44. The third-order valence-electron chi connectivity index (χ3n) is 4.40. The maximum Gasteiger partial charge on any atom is 0.272 e. The number of aliphatic hydroxyl groups excluding tert-OH is 1. The summed E-state index contributed by atoms with van der Waals surface area (Å²) >= 11 is 0. The van der Waals surface area contributed by atoms with E-state index in [1.807, 2.05) is 18.2 Å². The molecule has 0 aliphatic carbocycles. The lowest BCUT2D eigenvalue weighted by atomic mass is 10.0. The molecule has 0 amide bonds. The van der Waals surface area contributed by atoms with Crippen molar-refractivity contribution in [2.24, 2.45) is 0 Å². The van der Waals surface area contributed by atoms with Crippen molar-refractivity contribution in [3.8, 4) is 5.75 Å². The highest BCUT2D eigenvalue weighted by Gasteiger charge is 2.24. The highest BCUT2D eigenvalue weighted by Crippen LogP contribution is 2.23. The number of hydrogen-bond donors (Lipinski definition) is 1. The van der Waals surface area contributed by atoms with Crippen LogP contribution in [0.4, 0.5) is 5.69 Å². The van der Waals surface area contributed by atoms with E-state index < -0.39 is 11.0 Å². The van der Waals surface area contributed by atoms with Crippen molar-refractivity contribution >= 4 is 5.69 Å². The molecule has 2 aromatic carbocycles. The summed E-state index contributed by atoms with van der Waals surface area (Å²) in [4.78, 5) is 12.7. The molecule has 2 rings (SSSR count). The monoisotopic (exact) mass is 372 g/mol. The SMILES string of the molecule is Cc1cc(OC[C@H](O)CN(Cc2ccccc2)C(C)(C)C)ccc1[N+](=O)[O-]. The summed E-state index contributed by atoms with van der Waals surface area (Å²) in [6.45, 7) is 9.33. The fourth-order valence-electron chi connectivity index (χ4n) is 2.80. The maximum absolute atomic E-state index is 10.9. The highest BCUT2D eigenvalue weighted by molar-refractivity contribution is 5.44. The van der Waals surface area contributed by atoms with Crippen LogP contribution in [0.3, 0.4) is 0 Å². The van der Waals surface area contributed by atoms with Crippen LogP contribution in [0.2, 0.25) is 0 Å². The van der Waals surface area contributed by atoms with Gasteiger partial charge in [0.15, 0.2) is 0 Å². The molecule has 1 N–H and O–H groups in total. The number of nitro groups is 1. The van der Waals surface area contributed by atoms with Crippen molar-refractivity contribution < 1.29 is 14.8 Å². The van der Waals surface area contributed by atoms with Crippen molar-refractivity contribution in [2.45, 2.75) is 45.9 Å². The topological polar surface area (TPSA) is 75.8 Å². The smallest absolute Gasteiger partial charge is 0.272 e. The number of nitrogens with zero attached hydrogens (tertiary/aromatic N) is 2. The average Bonchev–Trinajstić information content (AvgIpc) is 2.59. The summed E-state index contributed by atoms with van der Waals surface area (Å²) in [6.07, 6.45) is -0.677. The van der Waals surface area contributed by atoms with Crippen molar-refractivity contribution in [1.82, 2.24) is 4.90 Å². The van der Waals surface area contributed by atoms with Crippen LogP contribution in [0.1, 0.15) is 31.9 Å². The summed E-state index contributed by atoms with van der Waals surface area (Å²) in [5.74, 6) is 0.516. The highest BCUT2D eigenvalue weighted by atomic mass is 16.6. The van der Waals surface area contributed by atoms with Gasteiger partial charge in [0.05, 0.1) is 4.92 Å². The Kier molecular flexibility index (Phi) is 6.93. The van der Waals surface area contributed by atoms with Gasteiger partial charge in [0.1, 0.15) is 18.5 Å². The van der Waals surface area contributed by atoms with E-state index in [-0.39, 0.29) is 17.8 Å². The minimum Gasteiger partial charge on any atom is -0.491 e. The van der Waals surface area contributed by atoms with Crippen LogP contribution in [0, 0.1) is 17.0 Å². The number of hydrogen-bond acceptors (Lipinski definition) is 5. The summed E-state index contributed by atoms with van der Waals surface area (Å²) in [5.41, 5.74) is 1.67. The molecule has 6 heteroatoms. The molecule has 0 aliphatic heterocycles. The van der Waals surface area contributed by atoms with Gasteiger partial charge in [0.25, 0.3) is 5.69 Å². The molecular weight excluding hydrogens is 344 g/mol. The van der Waals surface area contributed by atoms with Gasteiger partial charge < -0.3 is 9.84 Å². The van der Waals surface area contributed by atoms with E-state index in [1.54, 1.807) is 19.1 Å². The van der Waals surface area contributed by atoms with Gasteiger partial charge in [-0.2, -0.15) is 0 Å². The molecule has 1 atom stereocenters. The maximum atomic E-state index is 10.9. The summed E-state index contributed by atoms with van der Waals surface area (Å²) in [5, 5.41) is 21.3. The molecule has 0 aliphatic rings. The first-order valence-corrected chi connectivity index (χ1v) is 9.01. The van der Waals surface area contributed by atoms with E-state index in [2.05, 4.69) is 37.8 Å². The lowest BCUT2D eigenvalue weighted by Gasteiger charge is -2.37. The standard InChI is InChI=1S/C21H28N2O4/c1-16-12-19(10-11-20(16)23(25)26)27-15-18(24)14-22(21(2,3)4)13-17-8-6-5-7-9-17/h5-12,18,24H,13-15H2,1-4H3/t18-/m1/s1. The Morgan fingerprint density at radius 1 is 1.19 bits per heavy atom. The number of rotatable bonds is 8. The largest absolute Gasteiger partial charge is 0.491 e.